The molecule has 1 N–H and O–H groups in total. The zero-order chi connectivity index (χ0) is 19.4. The Bertz CT molecular complexity index is 970. The number of nitrogens with zero attached hydrogens (tertiary/aromatic N) is 2. The molecule has 0 aliphatic carbocycles. The van der Waals surface area contributed by atoms with Crippen molar-refractivity contribution >= 4 is 5.91 Å². The van der Waals surface area contributed by atoms with Gasteiger partial charge in [-0.05, 0) is 42.8 Å². The third-order valence-electron chi connectivity index (χ3n) is 4.11. The Balaban J connectivity index is 1.82. The molecule has 3 rings (SSSR count). The third-order valence-corrected chi connectivity index (χ3v) is 4.11. The summed E-state index contributed by atoms with van der Waals surface area (Å²) >= 11 is 0. The van der Waals surface area contributed by atoms with Gasteiger partial charge in [0.25, 0.3) is 5.91 Å². The molecule has 7 heteroatoms. The second-order valence-corrected chi connectivity index (χ2v) is 5.89. The number of carbonyl (C=O) groups is 1. The first-order chi connectivity index (χ1) is 13.0. The molecule has 0 saturated carbocycles. The predicted octanol–water partition coefficient (Wildman–Crippen LogP) is 3.79. The van der Waals surface area contributed by atoms with Crippen molar-refractivity contribution in [1.82, 2.24) is 15.1 Å². The molecule has 2 aromatic carbocycles. The quantitative estimate of drug-likeness (QED) is 0.717. The van der Waals surface area contributed by atoms with E-state index < -0.39 is 11.7 Å². The minimum atomic E-state index is -0.462. The van der Waals surface area contributed by atoms with Crippen molar-refractivity contribution in [2.24, 2.45) is 0 Å². The lowest BCUT2D eigenvalue weighted by atomic mass is 10.1. The van der Waals surface area contributed by atoms with Crippen molar-refractivity contribution in [3.63, 3.8) is 0 Å². The third kappa shape index (κ3) is 4.13. The zero-order valence-corrected chi connectivity index (χ0v) is 15.0. The van der Waals surface area contributed by atoms with Crippen LogP contribution >= 0.6 is 0 Å². The Labute approximate surface area is 155 Å². The van der Waals surface area contributed by atoms with Crippen LogP contribution in [0.2, 0.25) is 0 Å². The number of rotatable bonds is 6. The average Bonchev–Trinajstić information content (AvgIpc) is 3.10. The number of aromatic nitrogens is 2. The Hall–Kier alpha value is -3.22. The molecule has 1 amide bonds. The molecule has 0 aliphatic heterocycles. The molecule has 0 fully saturated rings. The normalized spacial score (nSPS) is 10.7. The largest absolute Gasteiger partial charge is 0.497 e. The lowest BCUT2D eigenvalue weighted by Crippen LogP contribution is -2.23. The lowest BCUT2D eigenvalue weighted by Gasteiger charge is -2.07. The van der Waals surface area contributed by atoms with Crippen molar-refractivity contribution in [1.29, 1.82) is 0 Å². The summed E-state index contributed by atoms with van der Waals surface area (Å²) in [6.07, 6.45) is 0. The van der Waals surface area contributed by atoms with Gasteiger partial charge in [-0.1, -0.05) is 12.1 Å². The van der Waals surface area contributed by atoms with Crippen molar-refractivity contribution in [2.75, 3.05) is 7.11 Å². The molecular weight excluding hydrogens is 352 g/mol. The highest BCUT2D eigenvalue weighted by Crippen LogP contribution is 2.27. The van der Waals surface area contributed by atoms with E-state index in [2.05, 4.69) is 10.4 Å². The van der Waals surface area contributed by atoms with Gasteiger partial charge in [-0.2, -0.15) is 5.10 Å². The summed E-state index contributed by atoms with van der Waals surface area (Å²) in [7, 11) is 1.46. The number of hydrogen-bond acceptors (Lipinski definition) is 3. The van der Waals surface area contributed by atoms with Gasteiger partial charge in [0.15, 0.2) is 5.69 Å². The second kappa shape index (κ2) is 7.99. The molecule has 1 aromatic heterocycles. The molecule has 0 saturated heterocycles. The van der Waals surface area contributed by atoms with Crippen LogP contribution in [0.15, 0.2) is 48.5 Å². The Kier molecular flexibility index (Phi) is 5.49. The molecule has 0 spiro atoms. The van der Waals surface area contributed by atoms with Crippen LogP contribution in [-0.4, -0.2) is 22.8 Å². The maximum Gasteiger partial charge on any atom is 0.272 e. The molecule has 140 valence electrons. The monoisotopic (exact) mass is 371 g/mol. The van der Waals surface area contributed by atoms with Gasteiger partial charge in [0, 0.05) is 24.7 Å². The predicted molar refractivity (Wildman–Crippen MR) is 97.4 cm³/mol. The topological polar surface area (TPSA) is 56.2 Å². The first kappa shape index (κ1) is 18.6. The van der Waals surface area contributed by atoms with Crippen LogP contribution in [0.3, 0.4) is 0 Å². The Morgan fingerprint density at radius 2 is 2.00 bits per heavy atom. The van der Waals surface area contributed by atoms with Gasteiger partial charge in [-0.15, -0.1) is 0 Å². The first-order valence-corrected chi connectivity index (χ1v) is 8.46. The van der Waals surface area contributed by atoms with Crippen molar-refractivity contribution in [2.45, 2.75) is 20.0 Å². The second-order valence-electron chi connectivity index (χ2n) is 5.89. The van der Waals surface area contributed by atoms with E-state index in [0.717, 1.165) is 0 Å². The molecule has 0 bridgehead atoms. The van der Waals surface area contributed by atoms with Crippen molar-refractivity contribution in [3.05, 3.63) is 71.4 Å². The van der Waals surface area contributed by atoms with Gasteiger partial charge >= 0.3 is 0 Å². The standard InChI is InChI=1S/C20H19F2N3O2/c1-3-25-19(16-8-7-15(27-2)10-17(16)22)11-18(24-25)20(26)23-12-13-5-4-6-14(21)9-13/h4-11H,3,12H2,1-2H3,(H,23,26). The highest BCUT2D eigenvalue weighted by Gasteiger charge is 2.17. The van der Waals surface area contributed by atoms with Gasteiger partial charge < -0.3 is 10.1 Å². The summed E-state index contributed by atoms with van der Waals surface area (Å²) in [5.41, 5.74) is 1.63. The molecule has 0 aliphatic rings. The number of halogens is 2. The molecule has 3 aromatic rings. The Morgan fingerprint density at radius 1 is 1.19 bits per heavy atom. The van der Waals surface area contributed by atoms with Crippen LogP contribution in [0.25, 0.3) is 11.3 Å². The summed E-state index contributed by atoms with van der Waals surface area (Å²) in [6.45, 7) is 2.49. The molecular formula is C20H19F2N3O2. The fourth-order valence-corrected chi connectivity index (χ4v) is 2.74. The maximum atomic E-state index is 14.4. The summed E-state index contributed by atoms with van der Waals surface area (Å²) in [5, 5.41) is 6.95. The van der Waals surface area contributed by atoms with Crippen LogP contribution in [0.4, 0.5) is 8.78 Å². The van der Waals surface area contributed by atoms with Crippen LogP contribution in [0.5, 0.6) is 5.75 Å². The van der Waals surface area contributed by atoms with E-state index in [1.54, 1.807) is 28.9 Å². The number of aryl methyl sites for hydroxylation is 1. The molecule has 0 atom stereocenters. The van der Waals surface area contributed by atoms with Crippen molar-refractivity contribution in [3.8, 4) is 17.0 Å². The van der Waals surface area contributed by atoms with E-state index in [1.165, 1.54) is 31.4 Å². The number of ether oxygens (including phenoxy) is 1. The highest BCUT2D eigenvalue weighted by molar-refractivity contribution is 5.93. The highest BCUT2D eigenvalue weighted by atomic mass is 19.1. The van der Waals surface area contributed by atoms with E-state index in [-0.39, 0.29) is 18.1 Å². The Morgan fingerprint density at radius 3 is 2.67 bits per heavy atom. The molecule has 0 unspecified atom stereocenters. The number of amides is 1. The summed E-state index contributed by atoms with van der Waals surface area (Å²) in [6, 6.07) is 12.0. The fraction of sp³-hybridized carbons (Fsp3) is 0.200. The van der Waals surface area contributed by atoms with E-state index in [0.29, 0.717) is 29.1 Å². The van der Waals surface area contributed by atoms with Crippen LogP contribution in [0.1, 0.15) is 23.0 Å². The number of hydrogen-bond donors (Lipinski definition) is 1. The van der Waals surface area contributed by atoms with Gasteiger partial charge in [-0.25, -0.2) is 8.78 Å². The summed E-state index contributed by atoms with van der Waals surface area (Å²) in [5.74, 6) is -0.835. The van der Waals surface area contributed by atoms with Crippen LogP contribution < -0.4 is 10.1 Å². The van der Waals surface area contributed by atoms with Crippen molar-refractivity contribution < 1.29 is 18.3 Å². The van der Waals surface area contributed by atoms with Crippen LogP contribution in [0, 0.1) is 11.6 Å². The smallest absolute Gasteiger partial charge is 0.272 e. The zero-order valence-electron chi connectivity index (χ0n) is 15.0. The van der Waals surface area contributed by atoms with E-state index in [4.69, 9.17) is 4.74 Å². The fourth-order valence-electron chi connectivity index (χ4n) is 2.74. The van der Waals surface area contributed by atoms with Gasteiger partial charge in [0.1, 0.15) is 17.4 Å². The van der Waals surface area contributed by atoms with E-state index in [9.17, 15) is 13.6 Å². The van der Waals surface area contributed by atoms with Gasteiger partial charge in [0.2, 0.25) is 0 Å². The average molecular weight is 371 g/mol. The summed E-state index contributed by atoms with van der Waals surface area (Å²) < 4.78 is 34.2. The number of carbonyl (C=O) groups excluding carboxylic acids is 1. The van der Waals surface area contributed by atoms with Crippen LogP contribution in [-0.2, 0) is 13.1 Å². The van der Waals surface area contributed by atoms with Gasteiger partial charge in [0.05, 0.1) is 12.8 Å². The maximum absolute atomic E-state index is 14.4. The SMILES string of the molecule is CCn1nc(C(=O)NCc2cccc(F)c2)cc1-c1ccc(OC)cc1F. The van der Waals surface area contributed by atoms with Gasteiger partial charge in [-0.3, -0.25) is 9.48 Å². The molecule has 0 radical (unpaired) electrons. The molecule has 5 nitrogen and oxygen atoms in total. The lowest BCUT2D eigenvalue weighted by molar-refractivity contribution is 0.0945. The minimum absolute atomic E-state index is 0.165. The number of benzene rings is 2. The number of methoxy groups -OCH3 is 1. The minimum Gasteiger partial charge on any atom is -0.497 e. The van der Waals surface area contributed by atoms with E-state index >= 15 is 0 Å². The first-order valence-electron chi connectivity index (χ1n) is 8.46. The summed E-state index contributed by atoms with van der Waals surface area (Å²) in [4.78, 5) is 12.4. The number of nitrogens with one attached hydrogen (secondary N) is 1. The molecule has 1 heterocycles. The van der Waals surface area contributed by atoms with E-state index in [1.807, 2.05) is 6.92 Å². The molecule has 27 heavy (non-hydrogen) atoms.